The van der Waals surface area contributed by atoms with Crippen LogP contribution in [0.3, 0.4) is 0 Å². The van der Waals surface area contributed by atoms with Crippen molar-refractivity contribution in [1.82, 2.24) is 0 Å². The van der Waals surface area contributed by atoms with E-state index in [0.29, 0.717) is 12.8 Å². The van der Waals surface area contributed by atoms with Crippen molar-refractivity contribution in [2.45, 2.75) is 290 Å². The number of hydrogen-bond acceptors (Lipinski definition) is 6. The van der Waals surface area contributed by atoms with Crippen LogP contribution in [0.2, 0.25) is 0 Å². The molecule has 0 aromatic heterocycles. The van der Waals surface area contributed by atoms with Crippen molar-refractivity contribution in [1.29, 1.82) is 0 Å². The van der Waals surface area contributed by atoms with E-state index < -0.39 is 6.10 Å². The Bertz CT molecular complexity index is 1750. The Kier molecular flexibility index (Phi) is 62.9. The summed E-state index contributed by atoms with van der Waals surface area (Å²) in [6.45, 7) is 6.34. The van der Waals surface area contributed by atoms with E-state index in [9.17, 15) is 14.4 Å². The Morgan fingerprint density at radius 2 is 0.487 bits per heavy atom. The molecule has 0 radical (unpaired) electrons. The standard InChI is InChI=1S/C74H120O6/c1-4-7-10-13-16-19-22-25-28-30-32-33-34-35-36-37-38-39-40-41-43-44-46-49-52-55-58-61-64-67-73(76)79-70-71(69-78-72(75)66-63-60-57-54-51-48-27-24-21-18-15-12-9-6-3)80-74(77)68-65-62-59-56-53-50-47-45-42-31-29-26-23-20-17-14-11-8-5-2/h7-8,10-11,15-20,24-29,32-33,35-36,42,45,50,53,71H,4-6,9,12-14,21-23,30-31,34,37-41,43-44,46-49,51-52,54-70H2,1-3H3/b10-7-,11-8-,18-15-,19-16-,20-17-,27-24-,28-25-,29-26-,33-32-,36-35-,45-42-,53-50-. The van der Waals surface area contributed by atoms with E-state index in [-0.39, 0.29) is 37.5 Å². The van der Waals surface area contributed by atoms with E-state index >= 15 is 0 Å². The SMILES string of the molecule is CC/C=C\C/C=C\C/C=C\C/C=C\C/C=C\CCCCCCCCCCCCCCCC(=O)OCC(COC(=O)CCCCCCC/C=C\C/C=C\CCCC)OC(=O)CCCCC/C=C\C/C=C\C/C=C\C/C=C\C/C=C\CC. The molecule has 0 amide bonds. The van der Waals surface area contributed by atoms with Crippen LogP contribution in [0.4, 0.5) is 0 Å². The zero-order chi connectivity index (χ0) is 57.8. The minimum absolute atomic E-state index is 0.101. The van der Waals surface area contributed by atoms with Crippen LogP contribution in [0.5, 0.6) is 0 Å². The van der Waals surface area contributed by atoms with Gasteiger partial charge in [-0.05, 0) is 135 Å². The third-order valence-corrected chi connectivity index (χ3v) is 13.6. The van der Waals surface area contributed by atoms with E-state index in [2.05, 4.69) is 167 Å². The van der Waals surface area contributed by atoms with Crippen LogP contribution in [0, 0.1) is 0 Å². The summed E-state index contributed by atoms with van der Waals surface area (Å²) in [5.74, 6) is -0.947. The van der Waals surface area contributed by atoms with E-state index in [4.69, 9.17) is 14.2 Å². The van der Waals surface area contributed by atoms with Gasteiger partial charge in [0.25, 0.3) is 0 Å². The van der Waals surface area contributed by atoms with Gasteiger partial charge in [-0.3, -0.25) is 14.4 Å². The number of rotatable bonds is 58. The van der Waals surface area contributed by atoms with Crippen LogP contribution < -0.4 is 0 Å². The molecule has 0 aromatic rings. The number of allylic oxidation sites excluding steroid dienone is 24. The van der Waals surface area contributed by atoms with Gasteiger partial charge >= 0.3 is 17.9 Å². The number of esters is 3. The Morgan fingerprint density at radius 1 is 0.263 bits per heavy atom. The lowest BCUT2D eigenvalue weighted by atomic mass is 10.0. The lowest BCUT2D eigenvalue weighted by Gasteiger charge is -2.18. The van der Waals surface area contributed by atoms with Crippen LogP contribution in [-0.4, -0.2) is 37.2 Å². The molecule has 0 fully saturated rings. The Labute approximate surface area is 493 Å². The molecule has 0 saturated heterocycles. The van der Waals surface area contributed by atoms with Crippen LogP contribution in [0.15, 0.2) is 146 Å². The molecule has 1 unspecified atom stereocenters. The number of unbranched alkanes of at least 4 members (excludes halogenated alkanes) is 23. The molecule has 0 spiro atoms. The number of ether oxygens (including phenoxy) is 3. The highest BCUT2D eigenvalue weighted by atomic mass is 16.6. The van der Waals surface area contributed by atoms with Gasteiger partial charge < -0.3 is 14.2 Å². The molecule has 452 valence electrons. The summed E-state index contributed by atoms with van der Waals surface area (Å²) >= 11 is 0. The summed E-state index contributed by atoms with van der Waals surface area (Å²) in [5.41, 5.74) is 0. The van der Waals surface area contributed by atoms with Gasteiger partial charge in [-0.25, -0.2) is 0 Å². The maximum atomic E-state index is 12.9. The molecule has 0 aliphatic heterocycles. The predicted molar refractivity (Wildman–Crippen MR) is 348 cm³/mol. The predicted octanol–water partition coefficient (Wildman–Crippen LogP) is 22.7. The Balaban J connectivity index is 4.36. The zero-order valence-electron chi connectivity index (χ0n) is 51.8. The molecule has 6 nitrogen and oxygen atoms in total. The lowest BCUT2D eigenvalue weighted by molar-refractivity contribution is -0.167. The van der Waals surface area contributed by atoms with Crippen molar-refractivity contribution in [2.24, 2.45) is 0 Å². The first-order valence-corrected chi connectivity index (χ1v) is 32.8. The summed E-state index contributed by atoms with van der Waals surface area (Å²) in [4.78, 5) is 38.3. The molecule has 1 atom stereocenters. The van der Waals surface area contributed by atoms with Gasteiger partial charge in [0.2, 0.25) is 0 Å². The molecule has 0 rings (SSSR count). The van der Waals surface area contributed by atoms with Crippen molar-refractivity contribution >= 4 is 17.9 Å². The summed E-state index contributed by atoms with van der Waals surface area (Å²) in [6, 6.07) is 0. The van der Waals surface area contributed by atoms with Crippen LogP contribution in [0.1, 0.15) is 284 Å². The molecule has 0 aliphatic rings. The average Bonchev–Trinajstić information content (AvgIpc) is 3.46. The molecular formula is C74H120O6. The summed E-state index contributed by atoms with van der Waals surface area (Å²) < 4.78 is 16.9. The maximum absolute atomic E-state index is 12.9. The second-order valence-corrected chi connectivity index (χ2v) is 21.3. The fraction of sp³-hybridized carbons (Fsp3) is 0.635. The molecule has 0 aromatic carbocycles. The van der Waals surface area contributed by atoms with Gasteiger partial charge in [-0.1, -0.05) is 276 Å². The van der Waals surface area contributed by atoms with E-state index in [1.54, 1.807) is 0 Å². The second kappa shape index (κ2) is 66.8. The fourth-order valence-electron chi connectivity index (χ4n) is 8.69. The van der Waals surface area contributed by atoms with Crippen molar-refractivity contribution in [2.75, 3.05) is 13.2 Å². The van der Waals surface area contributed by atoms with Crippen LogP contribution >= 0.6 is 0 Å². The van der Waals surface area contributed by atoms with Gasteiger partial charge in [0.1, 0.15) is 13.2 Å². The number of hydrogen-bond donors (Lipinski definition) is 0. The van der Waals surface area contributed by atoms with Gasteiger partial charge in [-0.2, -0.15) is 0 Å². The second-order valence-electron chi connectivity index (χ2n) is 21.3. The Hall–Kier alpha value is -4.71. The summed E-state index contributed by atoms with van der Waals surface area (Å²) in [7, 11) is 0. The van der Waals surface area contributed by atoms with Crippen molar-refractivity contribution in [3.63, 3.8) is 0 Å². The first-order valence-electron chi connectivity index (χ1n) is 32.8. The van der Waals surface area contributed by atoms with Gasteiger partial charge in [0, 0.05) is 19.3 Å². The number of carbonyl (C=O) groups excluding carboxylic acids is 3. The molecule has 0 heterocycles. The minimum atomic E-state index is -0.809. The molecule has 80 heavy (non-hydrogen) atoms. The summed E-state index contributed by atoms with van der Waals surface area (Å²) in [5, 5.41) is 0. The molecule has 0 N–H and O–H groups in total. The van der Waals surface area contributed by atoms with Crippen LogP contribution in [0.25, 0.3) is 0 Å². The highest BCUT2D eigenvalue weighted by molar-refractivity contribution is 5.71. The first-order chi connectivity index (χ1) is 39.5. The molecule has 0 saturated carbocycles. The molecule has 6 heteroatoms. The third-order valence-electron chi connectivity index (χ3n) is 13.6. The minimum Gasteiger partial charge on any atom is -0.462 e. The fourth-order valence-corrected chi connectivity index (χ4v) is 8.69. The maximum Gasteiger partial charge on any atom is 0.306 e. The molecule has 0 aliphatic carbocycles. The Morgan fingerprint density at radius 3 is 0.775 bits per heavy atom. The smallest absolute Gasteiger partial charge is 0.306 e. The van der Waals surface area contributed by atoms with Crippen molar-refractivity contribution in [3.8, 4) is 0 Å². The van der Waals surface area contributed by atoms with Gasteiger partial charge in [0.05, 0.1) is 0 Å². The normalized spacial score (nSPS) is 13.1. The van der Waals surface area contributed by atoms with Crippen molar-refractivity contribution < 1.29 is 28.6 Å². The third kappa shape index (κ3) is 64.1. The highest BCUT2D eigenvalue weighted by Gasteiger charge is 2.19. The van der Waals surface area contributed by atoms with Crippen LogP contribution in [-0.2, 0) is 28.6 Å². The summed E-state index contributed by atoms with van der Waals surface area (Å²) in [6.07, 6.45) is 95.7. The molecule has 0 bridgehead atoms. The molecular weight excluding hydrogens is 985 g/mol. The zero-order valence-corrected chi connectivity index (χ0v) is 51.8. The van der Waals surface area contributed by atoms with Gasteiger partial charge in [0.15, 0.2) is 6.10 Å². The lowest BCUT2D eigenvalue weighted by Crippen LogP contribution is -2.30. The van der Waals surface area contributed by atoms with E-state index in [0.717, 1.165) is 154 Å². The average molecular weight is 1110 g/mol. The topological polar surface area (TPSA) is 78.9 Å². The van der Waals surface area contributed by atoms with E-state index in [1.165, 1.54) is 89.9 Å². The highest BCUT2D eigenvalue weighted by Crippen LogP contribution is 2.15. The monoisotopic (exact) mass is 1100 g/mol. The van der Waals surface area contributed by atoms with Crippen molar-refractivity contribution in [3.05, 3.63) is 146 Å². The number of carbonyl (C=O) groups is 3. The van der Waals surface area contributed by atoms with Gasteiger partial charge in [-0.15, -0.1) is 0 Å². The van der Waals surface area contributed by atoms with E-state index in [1.807, 2.05) is 0 Å². The largest absolute Gasteiger partial charge is 0.462 e. The quantitative estimate of drug-likeness (QED) is 0.0261. The first kappa shape index (κ1) is 75.3.